The van der Waals surface area contributed by atoms with Crippen LogP contribution in [0.3, 0.4) is 0 Å². The molecule has 0 unspecified atom stereocenters. The van der Waals surface area contributed by atoms with Crippen LogP contribution in [0.2, 0.25) is 0 Å². The van der Waals surface area contributed by atoms with E-state index < -0.39 is 17.9 Å². The molecule has 0 bridgehead atoms. The monoisotopic (exact) mass is 386 g/mol. The highest BCUT2D eigenvalue weighted by atomic mass is 16.2. The molecule has 2 fully saturated rings. The molecular weight excluding hydrogens is 364 g/mol. The lowest BCUT2D eigenvalue weighted by atomic mass is 9.84. The van der Waals surface area contributed by atoms with Crippen molar-refractivity contribution in [3.05, 3.63) is 77.5 Å². The van der Waals surface area contributed by atoms with Crippen LogP contribution in [0.5, 0.6) is 0 Å². The SMILES string of the molecule is CC(=O)[C@H]1[C@@H]2C(=O)N(CCc3ccccc3)C(=O)[C@@H]2[C@@H]2c3ccccc3C=CN12. The molecule has 5 rings (SSSR count). The second kappa shape index (κ2) is 6.69. The number of hydrogen-bond donors (Lipinski definition) is 0. The summed E-state index contributed by atoms with van der Waals surface area (Å²) in [6, 6.07) is 16.9. The standard InChI is InChI=1S/C24H22N2O3/c1-15(27)21-19-20(22-18-10-6-5-9-17(18)12-14-25(21)22)24(29)26(23(19)28)13-11-16-7-3-2-4-8-16/h2-10,12,14,19-22H,11,13H2,1H3/t19-,20+,21+,22+/m1/s1. The topological polar surface area (TPSA) is 57.7 Å². The van der Waals surface area contributed by atoms with Gasteiger partial charge in [0, 0.05) is 12.7 Å². The maximum Gasteiger partial charge on any atom is 0.235 e. The number of amides is 2. The van der Waals surface area contributed by atoms with E-state index in [4.69, 9.17) is 0 Å². The molecule has 0 aliphatic carbocycles. The molecule has 0 radical (unpaired) electrons. The molecule has 2 saturated heterocycles. The average molecular weight is 386 g/mol. The second-order valence-corrected chi connectivity index (χ2v) is 8.01. The number of carbonyl (C=O) groups excluding carboxylic acids is 3. The number of likely N-dealkylation sites (tertiary alicyclic amines) is 1. The molecule has 146 valence electrons. The number of hydrogen-bond acceptors (Lipinski definition) is 4. The van der Waals surface area contributed by atoms with E-state index in [-0.39, 0.29) is 23.6 Å². The van der Waals surface area contributed by atoms with Gasteiger partial charge in [-0.2, -0.15) is 0 Å². The van der Waals surface area contributed by atoms with Crippen LogP contribution in [0.15, 0.2) is 60.8 Å². The zero-order valence-electron chi connectivity index (χ0n) is 16.2. The molecule has 2 aromatic rings. The summed E-state index contributed by atoms with van der Waals surface area (Å²) in [6.07, 6.45) is 4.46. The van der Waals surface area contributed by atoms with Gasteiger partial charge < -0.3 is 4.90 Å². The number of imide groups is 1. The van der Waals surface area contributed by atoms with Gasteiger partial charge in [0.05, 0.1) is 23.9 Å². The van der Waals surface area contributed by atoms with E-state index in [1.165, 1.54) is 11.8 Å². The van der Waals surface area contributed by atoms with Crippen LogP contribution in [0, 0.1) is 11.8 Å². The first-order valence-corrected chi connectivity index (χ1v) is 10.0. The smallest absolute Gasteiger partial charge is 0.235 e. The van der Waals surface area contributed by atoms with Gasteiger partial charge in [-0.25, -0.2) is 0 Å². The number of carbonyl (C=O) groups is 3. The number of Topliss-reactive ketones (excluding diaryl/α,β-unsaturated/α-hetero) is 1. The van der Waals surface area contributed by atoms with Crippen molar-refractivity contribution in [2.24, 2.45) is 11.8 Å². The summed E-state index contributed by atoms with van der Waals surface area (Å²) in [5, 5.41) is 0. The van der Waals surface area contributed by atoms with Crippen LogP contribution in [-0.4, -0.2) is 40.0 Å². The minimum atomic E-state index is -0.614. The Balaban J connectivity index is 1.50. The Morgan fingerprint density at radius 2 is 1.62 bits per heavy atom. The highest BCUT2D eigenvalue weighted by molar-refractivity contribution is 6.09. The van der Waals surface area contributed by atoms with E-state index in [1.54, 1.807) is 0 Å². The third-order valence-electron chi connectivity index (χ3n) is 6.44. The fourth-order valence-electron chi connectivity index (χ4n) is 5.19. The minimum absolute atomic E-state index is 0.0717. The van der Waals surface area contributed by atoms with Crippen molar-refractivity contribution in [3.63, 3.8) is 0 Å². The number of benzene rings is 2. The molecule has 5 heteroatoms. The Morgan fingerprint density at radius 3 is 2.38 bits per heavy atom. The number of fused-ring (bicyclic) bond motifs is 5. The van der Waals surface area contributed by atoms with Gasteiger partial charge in [0.1, 0.15) is 0 Å². The lowest BCUT2D eigenvalue weighted by molar-refractivity contribution is -0.142. The fraction of sp³-hybridized carbons (Fsp3) is 0.292. The maximum absolute atomic E-state index is 13.4. The number of nitrogens with zero attached hydrogens (tertiary/aromatic N) is 2. The highest BCUT2D eigenvalue weighted by Gasteiger charge is 2.63. The lowest BCUT2D eigenvalue weighted by Crippen LogP contribution is -2.43. The van der Waals surface area contributed by atoms with Gasteiger partial charge in [-0.05, 0) is 36.1 Å². The van der Waals surface area contributed by atoms with E-state index in [2.05, 4.69) is 0 Å². The molecular formula is C24H22N2O3. The van der Waals surface area contributed by atoms with Crippen molar-refractivity contribution in [1.82, 2.24) is 9.80 Å². The molecule has 0 aromatic heterocycles. The van der Waals surface area contributed by atoms with E-state index in [0.717, 1.165) is 16.7 Å². The summed E-state index contributed by atoms with van der Waals surface area (Å²) < 4.78 is 0. The minimum Gasteiger partial charge on any atom is -0.359 e. The Hall–Kier alpha value is -3.21. The van der Waals surface area contributed by atoms with E-state index in [9.17, 15) is 14.4 Å². The summed E-state index contributed by atoms with van der Waals surface area (Å²) in [4.78, 5) is 42.5. The number of ketones is 1. The normalized spacial score (nSPS) is 27.1. The molecule has 5 nitrogen and oxygen atoms in total. The van der Waals surface area contributed by atoms with Crippen molar-refractivity contribution >= 4 is 23.7 Å². The molecule has 3 aliphatic rings. The summed E-state index contributed by atoms with van der Waals surface area (Å²) in [5.41, 5.74) is 3.14. The van der Waals surface area contributed by atoms with Crippen LogP contribution in [0.1, 0.15) is 29.7 Å². The van der Waals surface area contributed by atoms with Crippen LogP contribution >= 0.6 is 0 Å². The van der Waals surface area contributed by atoms with E-state index in [0.29, 0.717) is 13.0 Å². The Morgan fingerprint density at radius 1 is 0.931 bits per heavy atom. The van der Waals surface area contributed by atoms with Crippen LogP contribution in [0.25, 0.3) is 6.08 Å². The first-order chi connectivity index (χ1) is 14.1. The first kappa shape index (κ1) is 17.9. The first-order valence-electron chi connectivity index (χ1n) is 10.0. The quantitative estimate of drug-likeness (QED) is 0.759. The fourth-order valence-corrected chi connectivity index (χ4v) is 5.19. The van der Waals surface area contributed by atoms with Gasteiger partial charge in [-0.3, -0.25) is 19.3 Å². The molecule has 0 N–H and O–H groups in total. The molecule has 2 aromatic carbocycles. The van der Waals surface area contributed by atoms with Crippen LogP contribution < -0.4 is 0 Å². The van der Waals surface area contributed by atoms with Gasteiger partial charge in [-0.15, -0.1) is 0 Å². The Bertz CT molecular complexity index is 1030. The number of rotatable bonds is 4. The average Bonchev–Trinajstić information content (AvgIpc) is 3.21. The van der Waals surface area contributed by atoms with Crippen molar-refractivity contribution < 1.29 is 14.4 Å². The molecule has 0 saturated carbocycles. The van der Waals surface area contributed by atoms with E-state index in [1.807, 2.05) is 71.8 Å². The highest BCUT2D eigenvalue weighted by Crippen LogP contribution is 2.52. The summed E-state index contributed by atoms with van der Waals surface area (Å²) in [7, 11) is 0. The third kappa shape index (κ3) is 2.64. The largest absolute Gasteiger partial charge is 0.359 e. The predicted molar refractivity (Wildman–Crippen MR) is 108 cm³/mol. The zero-order valence-corrected chi connectivity index (χ0v) is 16.2. The van der Waals surface area contributed by atoms with Crippen molar-refractivity contribution in [1.29, 1.82) is 0 Å². The molecule has 2 amide bonds. The van der Waals surface area contributed by atoms with Gasteiger partial charge in [0.15, 0.2) is 5.78 Å². The molecule has 29 heavy (non-hydrogen) atoms. The van der Waals surface area contributed by atoms with Gasteiger partial charge in [0.25, 0.3) is 0 Å². The summed E-state index contributed by atoms with van der Waals surface area (Å²) >= 11 is 0. The molecule has 0 spiro atoms. The Kier molecular flexibility index (Phi) is 4.12. The van der Waals surface area contributed by atoms with E-state index >= 15 is 0 Å². The molecule has 4 atom stereocenters. The predicted octanol–water partition coefficient (Wildman–Crippen LogP) is 2.83. The Labute approximate surface area is 169 Å². The van der Waals surface area contributed by atoms with Gasteiger partial charge in [0.2, 0.25) is 11.8 Å². The van der Waals surface area contributed by atoms with Crippen molar-refractivity contribution in [3.8, 4) is 0 Å². The summed E-state index contributed by atoms with van der Waals surface area (Å²) in [6.45, 7) is 1.87. The van der Waals surface area contributed by atoms with Gasteiger partial charge >= 0.3 is 0 Å². The second-order valence-electron chi connectivity index (χ2n) is 8.01. The van der Waals surface area contributed by atoms with Crippen molar-refractivity contribution in [2.45, 2.75) is 25.4 Å². The van der Waals surface area contributed by atoms with Crippen LogP contribution in [-0.2, 0) is 20.8 Å². The van der Waals surface area contributed by atoms with Crippen molar-refractivity contribution in [2.75, 3.05) is 6.54 Å². The zero-order chi connectivity index (χ0) is 20.1. The summed E-state index contributed by atoms with van der Waals surface area (Å²) in [5.74, 6) is -1.57. The molecule has 3 aliphatic heterocycles. The lowest BCUT2D eigenvalue weighted by Gasteiger charge is -2.35. The third-order valence-corrected chi connectivity index (χ3v) is 6.44. The maximum atomic E-state index is 13.4. The molecule has 3 heterocycles. The van der Waals surface area contributed by atoms with Gasteiger partial charge in [-0.1, -0.05) is 54.6 Å². The van der Waals surface area contributed by atoms with Crippen LogP contribution in [0.4, 0.5) is 0 Å².